The van der Waals surface area contributed by atoms with Gasteiger partial charge in [-0.05, 0) is 43.5 Å². The summed E-state index contributed by atoms with van der Waals surface area (Å²) in [5, 5.41) is 9.23. The van der Waals surface area contributed by atoms with E-state index in [9.17, 15) is 5.11 Å². The zero-order valence-electron chi connectivity index (χ0n) is 9.56. The number of aliphatic hydroxyl groups is 1. The van der Waals surface area contributed by atoms with E-state index in [4.69, 9.17) is 0 Å². The van der Waals surface area contributed by atoms with Crippen LogP contribution in [0, 0.1) is 5.92 Å². The molecule has 1 aromatic carbocycles. The Balaban J connectivity index is 1.78. The van der Waals surface area contributed by atoms with Gasteiger partial charge in [0, 0.05) is 17.6 Å². The molecule has 0 bridgehead atoms. The molecule has 0 atom stereocenters. The lowest BCUT2D eigenvalue weighted by Crippen LogP contribution is -2.36. The molecule has 0 amide bonds. The quantitative estimate of drug-likeness (QED) is 0.918. The number of halogens is 1. The Hall–Kier alpha value is -0.380. The van der Waals surface area contributed by atoms with Gasteiger partial charge in [-0.25, -0.2) is 0 Å². The van der Waals surface area contributed by atoms with Crippen LogP contribution in [0.5, 0.6) is 0 Å². The Kier molecular flexibility index (Phi) is 4.00. The molecule has 16 heavy (non-hydrogen) atoms. The van der Waals surface area contributed by atoms with E-state index in [0.717, 1.165) is 30.4 Å². The molecule has 0 heterocycles. The van der Waals surface area contributed by atoms with Crippen molar-refractivity contribution in [2.75, 3.05) is 13.6 Å². The molecule has 2 rings (SSSR count). The van der Waals surface area contributed by atoms with Gasteiger partial charge in [-0.3, -0.25) is 0 Å². The highest BCUT2D eigenvalue weighted by Gasteiger charge is 2.27. The van der Waals surface area contributed by atoms with Crippen molar-refractivity contribution in [3.63, 3.8) is 0 Å². The molecule has 2 nitrogen and oxygen atoms in total. The van der Waals surface area contributed by atoms with Gasteiger partial charge >= 0.3 is 0 Å². The SMILES string of the molecule is CN(Cc1ccc(Br)cc1)CC1CC(O)C1. The summed E-state index contributed by atoms with van der Waals surface area (Å²) >= 11 is 3.44. The maximum absolute atomic E-state index is 9.23. The van der Waals surface area contributed by atoms with Crippen molar-refractivity contribution in [3.05, 3.63) is 34.3 Å². The van der Waals surface area contributed by atoms with Gasteiger partial charge in [0.15, 0.2) is 0 Å². The van der Waals surface area contributed by atoms with E-state index < -0.39 is 0 Å². The smallest absolute Gasteiger partial charge is 0.0546 e. The van der Waals surface area contributed by atoms with E-state index >= 15 is 0 Å². The highest BCUT2D eigenvalue weighted by molar-refractivity contribution is 9.10. The lowest BCUT2D eigenvalue weighted by molar-refractivity contribution is 0.0274. The molecular formula is C13H18BrNO. The summed E-state index contributed by atoms with van der Waals surface area (Å²) in [6.45, 7) is 2.08. The fourth-order valence-electron chi connectivity index (χ4n) is 2.26. The number of benzene rings is 1. The van der Waals surface area contributed by atoms with Gasteiger partial charge in [-0.15, -0.1) is 0 Å². The van der Waals surface area contributed by atoms with Crippen LogP contribution in [0.3, 0.4) is 0 Å². The minimum Gasteiger partial charge on any atom is -0.393 e. The molecule has 0 aromatic heterocycles. The summed E-state index contributed by atoms with van der Waals surface area (Å²) in [5.74, 6) is 0.690. The summed E-state index contributed by atoms with van der Waals surface area (Å²) in [4.78, 5) is 2.33. The predicted molar refractivity (Wildman–Crippen MR) is 69.2 cm³/mol. The second kappa shape index (κ2) is 5.30. The van der Waals surface area contributed by atoms with Gasteiger partial charge in [0.2, 0.25) is 0 Å². The van der Waals surface area contributed by atoms with Crippen molar-refractivity contribution in [3.8, 4) is 0 Å². The van der Waals surface area contributed by atoms with Gasteiger partial charge in [0.05, 0.1) is 6.10 Å². The molecule has 88 valence electrons. The minimum absolute atomic E-state index is 0.0360. The fourth-order valence-corrected chi connectivity index (χ4v) is 2.52. The highest BCUT2D eigenvalue weighted by atomic mass is 79.9. The standard InChI is InChI=1S/C13H18BrNO/c1-15(9-11-6-13(16)7-11)8-10-2-4-12(14)5-3-10/h2-5,11,13,16H,6-9H2,1H3. The summed E-state index contributed by atoms with van der Waals surface area (Å²) in [6.07, 6.45) is 1.92. The Labute approximate surface area is 105 Å². The van der Waals surface area contributed by atoms with Gasteiger partial charge in [-0.1, -0.05) is 28.1 Å². The monoisotopic (exact) mass is 283 g/mol. The van der Waals surface area contributed by atoms with Crippen LogP contribution in [0.2, 0.25) is 0 Å². The minimum atomic E-state index is -0.0360. The number of nitrogens with zero attached hydrogens (tertiary/aromatic N) is 1. The topological polar surface area (TPSA) is 23.5 Å². The van der Waals surface area contributed by atoms with E-state index in [1.807, 2.05) is 0 Å². The maximum atomic E-state index is 9.23. The van der Waals surface area contributed by atoms with Crippen molar-refractivity contribution in [1.82, 2.24) is 4.90 Å². The maximum Gasteiger partial charge on any atom is 0.0546 e. The first kappa shape index (κ1) is 12.1. The predicted octanol–water partition coefficient (Wildman–Crippen LogP) is 2.65. The van der Waals surface area contributed by atoms with Crippen molar-refractivity contribution < 1.29 is 5.11 Å². The Bertz CT molecular complexity index is 332. The first-order chi connectivity index (χ1) is 7.63. The number of hydrogen-bond donors (Lipinski definition) is 1. The second-order valence-corrected chi connectivity index (χ2v) is 5.73. The molecule has 0 spiro atoms. The van der Waals surface area contributed by atoms with Gasteiger partial charge < -0.3 is 10.0 Å². The van der Waals surface area contributed by atoms with Crippen LogP contribution in [-0.4, -0.2) is 29.7 Å². The van der Waals surface area contributed by atoms with Crippen molar-refractivity contribution in [2.45, 2.75) is 25.5 Å². The van der Waals surface area contributed by atoms with Gasteiger partial charge in [0.1, 0.15) is 0 Å². The van der Waals surface area contributed by atoms with Crippen LogP contribution in [0.15, 0.2) is 28.7 Å². The van der Waals surface area contributed by atoms with E-state index in [2.05, 4.69) is 52.1 Å². The third-order valence-corrected chi connectivity index (χ3v) is 3.68. The molecule has 0 radical (unpaired) electrons. The van der Waals surface area contributed by atoms with Crippen LogP contribution in [-0.2, 0) is 6.54 Å². The summed E-state index contributed by atoms with van der Waals surface area (Å²) in [7, 11) is 2.15. The normalized spacial score (nSPS) is 24.5. The number of aliphatic hydroxyl groups excluding tert-OH is 1. The molecule has 1 aromatic rings. The molecule has 1 aliphatic carbocycles. The fraction of sp³-hybridized carbons (Fsp3) is 0.538. The van der Waals surface area contributed by atoms with Crippen LogP contribution in [0.4, 0.5) is 0 Å². The molecule has 0 unspecified atom stereocenters. The summed E-state index contributed by atoms with van der Waals surface area (Å²) in [6, 6.07) is 8.46. The van der Waals surface area contributed by atoms with Crippen LogP contribution in [0.25, 0.3) is 0 Å². The average Bonchev–Trinajstić information content (AvgIpc) is 2.19. The van der Waals surface area contributed by atoms with Crippen LogP contribution in [0.1, 0.15) is 18.4 Å². The molecule has 1 fully saturated rings. The Morgan fingerprint density at radius 1 is 1.31 bits per heavy atom. The number of rotatable bonds is 4. The van der Waals surface area contributed by atoms with E-state index in [1.165, 1.54) is 5.56 Å². The molecule has 1 saturated carbocycles. The third kappa shape index (κ3) is 3.30. The molecule has 0 aliphatic heterocycles. The Morgan fingerprint density at radius 3 is 2.50 bits per heavy atom. The van der Waals surface area contributed by atoms with Crippen molar-refractivity contribution in [1.29, 1.82) is 0 Å². The first-order valence-corrected chi connectivity index (χ1v) is 6.54. The zero-order chi connectivity index (χ0) is 11.5. The molecular weight excluding hydrogens is 266 g/mol. The number of hydrogen-bond acceptors (Lipinski definition) is 2. The summed E-state index contributed by atoms with van der Waals surface area (Å²) in [5.41, 5.74) is 1.34. The molecule has 1 aliphatic rings. The van der Waals surface area contributed by atoms with Gasteiger partial charge in [0.25, 0.3) is 0 Å². The van der Waals surface area contributed by atoms with Crippen LogP contribution < -0.4 is 0 Å². The average molecular weight is 284 g/mol. The van der Waals surface area contributed by atoms with E-state index in [0.29, 0.717) is 5.92 Å². The first-order valence-electron chi connectivity index (χ1n) is 5.74. The van der Waals surface area contributed by atoms with Crippen molar-refractivity contribution >= 4 is 15.9 Å². The molecule has 1 N–H and O–H groups in total. The Morgan fingerprint density at radius 2 is 1.94 bits per heavy atom. The summed E-state index contributed by atoms with van der Waals surface area (Å²) < 4.78 is 1.13. The zero-order valence-corrected chi connectivity index (χ0v) is 11.2. The van der Waals surface area contributed by atoms with Gasteiger partial charge in [-0.2, -0.15) is 0 Å². The van der Waals surface area contributed by atoms with Crippen LogP contribution >= 0.6 is 15.9 Å². The van der Waals surface area contributed by atoms with E-state index in [1.54, 1.807) is 0 Å². The second-order valence-electron chi connectivity index (χ2n) is 4.81. The van der Waals surface area contributed by atoms with Crippen molar-refractivity contribution in [2.24, 2.45) is 5.92 Å². The molecule has 0 saturated heterocycles. The largest absolute Gasteiger partial charge is 0.393 e. The lowest BCUT2D eigenvalue weighted by atomic mass is 9.82. The van der Waals surface area contributed by atoms with E-state index in [-0.39, 0.29) is 6.10 Å². The lowest BCUT2D eigenvalue weighted by Gasteiger charge is -2.34. The third-order valence-electron chi connectivity index (χ3n) is 3.15. The highest BCUT2D eigenvalue weighted by Crippen LogP contribution is 2.27. The molecule has 3 heteroatoms.